The second-order valence-electron chi connectivity index (χ2n) is 4.05. The Balaban J connectivity index is 2.13. The largest absolute Gasteiger partial charge is 0.326 e. The zero-order chi connectivity index (χ0) is 12.4. The molecule has 0 saturated carbocycles. The van der Waals surface area contributed by atoms with Gasteiger partial charge in [-0.3, -0.25) is 0 Å². The molecule has 0 bridgehead atoms. The van der Waals surface area contributed by atoms with Gasteiger partial charge in [0.05, 0.1) is 5.69 Å². The quantitative estimate of drug-likeness (QED) is 0.839. The number of aromatic nitrogens is 2. The summed E-state index contributed by atoms with van der Waals surface area (Å²) >= 11 is 9.69. The topological polar surface area (TPSA) is 17.8 Å². The van der Waals surface area contributed by atoms with Crippen LogP contribution in [0.2, 0.25) is 5.02 Å². The molecule has 2 nitrogen and oxygen atoms in total. The molecule has 17 heavy (non-hydrogen) atoms. The number of halogens is 2. The molecule has 90 valence electrons. The Bertz CT molecular complexity index is 534. The van der Waals surface area contributed by atoms with Crippen LogP contribution < -0.4 is 0 Å². The van der Waals surface area contributed by atoms with Crippen molar-refractivity contribution >= 4 is 27.5 Å². The molecule has 0 aliphatic heterocycles. The molecule has 1 heterocycles. The molecule has 0 saturated heterocycles. The summed E-state index contributed by atoms with van der Waals surface area (Å²) in [5, 5.41) is 0.830. The molecule has 1 aromatic heterocycles. The maximum atomic E-state index is 6.13. The lowest BCUT2D eigenvalue weighted by molar-refractivity contribution is 0.838. The summed E-state index contributed by atoms with van der Waals surface area (Å²) in [7, 11) is 2.01. The van der Waals surface area contributed by atoms with Crippen LogP contribution in [0.4, 0.5) is 0 Å². The van der Waals surface area contributed by atoms with E-state index in [4.69, 9.17) is 11.6 Å². The van der Waals surface area contributed by atoms with E-state index in [-0.39, 0.29) is 0 Å². The van der Waals surface area contributed by atoms with E-state index in [1.54, 1.807) is 0 Å². The van der Waals surface area contributed by atoms with Gasteiger partial charge in [0.2, 0.25) is 0 Å². The molecule has 2 rings (SSSR count). The highest BCUT2D eigenvalue weighted by Crippen LogP contribution is 2.21. The normalized spacial score (nSPS) is 10.8. The number of hydrogen-bond donors (Lipinski definition) is 0. The fourth-order valence-corrected chi connectivity index (χ4v) is 2.54. The van der Waals surface area contributed by atoms with Crippen molar-refractivity contribution in [3.05, 3.63) is 51.0 Å². The molecule has 1 aromatic carbocycles. The van der Waals surface area contributed by atoms with E-state index >= 15 is 0 Å². The molecule has 0 aliphatic rings. The number of imidazole rings is 1. The highest BCUT2D eigenvalue weighted by atomic mass is 79.9. The summed E-state index contributed by atoms with van der Waals surface area (Å²) in [5.41, 5.74) is 2.26. The van der Waals surface area contributed by atoms with Crippen LogP contribution in [0.1, 0.15) is 17.1 Å². The van der Waals surface area contributed by atoms with Gasteiger partial charge in [0.1, 0.15) is 10.4 Å². The number of benzene rings is 1. The Morgan fingerprint density at radius 3 is 2.59 bits per heavy atom. The molecule has 4 heteroatoms. The molecule has 0 spiro atoms. The first-order valence-electron chi connectivity index (χ1n) is 5.50. The summed E-state index contributed by atoms with van der Waals surface area (Å²) in [5.74, 6) is 1.02. The second-order valence-corrected chi connectivity index (χ2v) is 5.21. The zero-order valence-electron chi connectivity index (χ0n) is 9.87. The zero-order valence-corrected chi connectivity index (χ0v) is 12.2. The fraction of sp³-hybridized carbons (Fsp3) is 0.308. The smallest absolute Gasteiger partial charge is 0.108 e. The predicted molar refractivity (Wildman–Crippen MR) is 74.5 cm³/mol. The molecular formula is C13H14BrClN2. The van der Waals surface area contributed by atoms with Gasteiger partial charge in [0.15, 0.2) is 0 Å². The summed E-state index contributed by atoms with van der Waals surface area (Å²) in [6, 6.07) is 7.95. The highest BCUT2D eigenvalue weighted by molar-refractivity contribution is 9.10. The fourth-order valence-electron chi connectivity index (χ4n) is 1.77. The van der Waals surface area contributed by atoms with Crippen molar-refractivity contribution in [3.8, 4) is 0 Å². The molecule has 0 atom stereocenters. The molecule has 0 aliphatic carbocycles. The molecule has 0 fully saturated rings. The minimum absolute atomic E-state index is 0.830. The Morgan fingerprint density at radius 1 is 1.29 bits per heavy atom. The number of nitrogens with zero attached hydrogens (tertiary/aromatic N) is 2. The SMILES string of the molecule is Cc1nc(CCc2ccccc2Cl)c(Br)n1C. The summed E-state index contributed by atoms with van der Waals surface area (Å²) in [4.78, 5) is 4.53. The Hall–Kier alpha value is -0.800. The van der Waals surface area contributed by atoms with Gasteiger partial charge in [-0.05, 0) is 47.3 Å². The van der Waals surface area contributed by atoms with E-state index < -0.39 is 0 Å². The van der Waals surface area contributed by atoms with Crippen LogP contribution >= 0.6 is 27.5 Å². The van der Waals surface area contributed by atoms with Crippen LogP contribution in [0.15, 0.2) is 28.9 Å². The third kappa shape index (κ3) is 2.72. The standard InChI is InChI=1S/C13H14BrClN2/c1-9-16-12(13(14)17(9)2)8-7-10-5-3-4-6-11(10)15/h3-6H,7-8H2,1-2H3. The molecule has 0 radical (unpaired) electrons. The van der Waals surface area contributed by atoms with Crippen molar-refractivity contribution in [1.82, 2.24) is 9.55 Å². The monoisotopic (exact) mass is 312 g/mol. The molecular weight excluding hydrogens is 300 g/mol. The molecule has 0 amide bonds. The highest BCUT2D eigenvalue weighted by Gasteiger charge is 2.10. The summed E-state index contributed by atoms with van der Waals surface area (Å²) < 4.78 is 3.10. The van der Waals surface area contributed by atoms with Crippen molar-refractivity contribution in [2.75, 3.05) is 0 Å². The third-order valence-electron chi connectivity index (χ3n) is 2.90. The second kappa shape index (κ2) is 5.23. The molecule has 0 unspecified atom stereocenters. The van der Waals surface area contributed by atoms with Gasteiger partial charge in [-0.15, -0.1) is 0 Å². The van der Waals surface area contributed by atoms with E-state index in [1.165, 1.54) is 5.56 Å². The number of aryl methyl sites for hydroxylation is 3. The van der Waals surface area contributed by atoms with Gasteiger partial charge >= 0.3 is 0 Å². The maximum Gasteiger partial charge on any atom is 0.108 e. The average Bonchev–Trinajstić information content (AvgIpc) is 2.56. The van der Waals surface area contributed by atoms with E-state index in [2.05, 4.69) is 27.0 Å². The lowest BCUT2D eigenvalue weighted by Gasteiger charge is -2.02. The van der Waals surface area contributed by atoms with E-state index in [0.29, 0.717) is 0 Å². The van der Waals surface area contributed by atoms with E-state index in [1.807, 2.05) is 36.7 Å². The van der Waals surface area contributed by atoms with Gasteiger partial charge in [-0.1, -0.05) is 29.8 Å². The van der Waals surface area contributed by atoms with Crippen LogP contribution in [-0.4, -0.2) is 9.55 Å². The molecule has 0 N–H and O–H groups in total. The maximum absolute atomic E-state index is 6.13. The summed E-state index contributed by atoms with van der Waals surface area (Å²) in [6.45, 7) is 2.00. The van der Waals surface area contributed by atoms with Crippen molar-refractivity contribution in [2.45, 2.75) is 19.8 Å². The lowest BCUT2D eigenvalue weighted by Crippen LogP contribution is -1.94. The van der Waals surface area contributed by atoms with Gasteiger partial charge in [0.25, 0.3) is 0 Å². The van der Waals surface area contributed by atoms with Crippen LogP contribution in [0, 0.1) is 6.92 Å². The lowest BCUT2D eigenvalue weighted by atomic mass is 10.1. The Morgan fingerprint density at radius 2 is 2.00 bits per heavy atom. The Labute approximate surface area is 115 Å². The first kappa shape index (κ1) is 12.7. The minimum Gasteiger partial charge on any atom is -0.326 e. The first-order valence-corrected chi connectivity index (χ1v) is 6.68. The number of rotatable bonds is 3. The van der Waals surface area contributed by atoms with Crippen LogP contribution in [0.3, 0.4) is 0 Å². The van der Waals surface area contributed by atoms with Crippen molar-refractivity contribution in [2.24, 2.45) is 7.05 Å². The minimum atomic E-state index is 0.830. The van der Waals surface area contributed by atoms with E-state index in [9.17, 15) is 0 Å². The average molecular weight is 314 g/mol. The van der Waals surface area contributed by atoms with Gasteiger partial charge < -0.3 is 4.57 Å². The summed E-state index contributed by atoms with van der Waals surface area (Å²) in [6.07, 6.45) is 1.81. The van der Waals surface area contributed by atoms with Gasteiger partial charge in [0, 0.05) is 12.1 Å². The van der Waals surface area contributed by atoms with Crippen molar-refractivity contribution < 1.29 is 0 Å². The van der Waals surface area contributed by atoms with Crippen LogP contribution in [0.25, 0.3) is 0 Å². The van der Waals surface area contributed by atoms with Gasteiger partial charge in [-0.25, -0.2) is 4.98 Å². The predicted octanol–water partition coefficient (Wildman–Crippen LogP) is 3.93. The van der Waals surface area contributed by atoms with E-state index in [0.717, 1.165) is 34.0 Å². The van der Waals surface area contributed by atoms with Gasteiger partial charge in [-0.2, -0.15) is 0 Å². The van der Waals surface area contributed by atoms with Crippen LogP contribution in [-0.2, 0) is 19.9 Å². The molecule has 2 aromatic rings. The van der Waals surface area contributed by atoms with Crippen molar-refractivity contribution in [3.63, 3.8) is 0 Å². The first-order chi connectivity index (χ1) is 8.09. The third-order valence-corrected chi connectivity index (χ3v) is 4.26. The van der Waals surface area contributed by atoms with Crippen LogP contribution in [0.5, 0.6) is 0 Å². The van der Waals surface area contributed by atoms with Crippen molar-refractivity contribution in [1.29, 1.82) is 0 Å². The Kier molecular flexibility index (Phi) is 3.89. The number of hydrogen-bond acceptors (Lipinski definition) is 1.